The van der Waals surface area contributed by atoms with Crippen molar-refractivity contribution in [3.63, 3.8) is 0 Å². The Morgan fingerprint density at radius 3 is 2.68 bits per heavy atom. The number of thioether (sulfide) groups is 1. The summed E-state index contributed by atoms with van der Waals surface area (Å²) in [7, 11) is 3.22. The highest BCUT2D eigenvalue weighted by molar-refractivity contribution is 7.99. The molecule has 10 heteroatoms. The number of hydrogen-bond donors (Lipinski definition) is 3. The van der Waals surface area contributed by atoms with Gasteiger partial charge in [0.2, 0.25) is 5.91 Å². The van der Waals surface area contributed by atoms with Gasteiger partial charge in [-0.25, -0.2) is 14.4 Å². The normalized spacial score (nSPS) is 10.7. The zero-order valence-corrected chi connectivity index (χ0v) is 21.2. The molecule has 4 rings (SSSR count). The first-order valence-electron chi connectivity index (χ1n) is 11.3. The molecule has 4 aromatic rings. The third-order valence-corrected chi connectivity index (χ3v) is 6.13. The van der Waals surface area contributed by atoms with E-state index < -0.39 is 0 Å². The van der Waals surface area contributed by atoms with Gasteiger partial charge in [-0.1, -0.05) is 18.3 Å². The van der Waals surface area contributed by atoms with Crippen LogP contribution < -0.4 is 15.4 Å². The van der Waals surface area contributed by atoms with Crippen LogP contribution in [-0.2, 0) is 9.53 Å². The minimum absolute atomic E-state index is 0.310. The number of amides is 1. The first-order chi connectivity index (χ1) is 18.0. The van der Waals surface area contributed by atoms with Crippen LogP contribution in [-0.4, -0.2) is 47.4 Å². The van der Waals surface area contributed by atoms with E-state index in [0.29, 0.717) is 35.2 Å². The maximum Gasteiger partial charge on any atom is 0.247 e. The third kappa shape index (κ3) is 6.54. The van der Waals surface area contributed by atoms with Gasteiger partial charge in [0.05, 0.1) is 30.8 Å². The minimum atomic E-state index is -0.317. The lowest BCUT2D eigenvalue weighted by molar-refractivity contribution is -0.111. The predicted molar refractivity (Wildman–Crippen MR) is 145 cm³/mol. The van der Waals surface area contributed by atoms with Crippen LogP contribution in [0.2, 0.25) is 0 Å². The fraction of sp³-hybridized carbons (Fsp3) is 0.148. The van der Waals surface area contributed by atoms with Gasteiger partial charge in [0, 0.05) is 35.9 Å². The second kappa shape index (κ2) is 12.2. The number of halogens is 1. The number of anilines is 3. The molecule has 0 radical (unpaired) electrons. The van der Waals surface area contributed by atoms with E-state index in [1.807, 2.05) is 12.1 Å². The molecule has 0 saturated heterocycles. The average Bonchev–Trinajstić information content (AvgIpc) is 3.34. The number of nitrogens with one attached hydrogen (secondary N) is 3. The van der Waals surface area contributed by atoms with Crippen LogP contribution in [0.1, 0.15) is 0 Å². The first kappa shape index (κ1) is 25.9. The van der Waals surface area contributed by atoms with Gasteiger partial charge >= 0.3 is 0 Å². The maximum absolute atomic E-state index is 13.6. The molecule has 0 saturated carbocycles. The molecule has 0 aliphatic rings. The number of pyridine rings is 1. The van der Waals surface area contributed by atoms with Gasteiger partial charge < -0.3 is 25.1 Å². The smallest absolute Gasteiger partial charge is 0.247 e. The molecule has 0 spiro atoms. The summed E-state index contributed by atoms with van der Waals surface area (Å²) in [4.78, 5) is 24.3. The monoisotopic (exact) mass is 519 g/mol. The van der Waals surface area contributed by atoms with E-state index in [-0.39, 0.29) is 11.7 Å². The number of imidazole rings is 1. The Morgan fingerprint density at radius 1 is 1.14 bits per heavy atom. The lowest BCUT2D eigenvalue weighted by atomic mass is 10.1. The molecular weight excluding hydrogens is 493 g/mol. The van der Waals surface area contributed by atoms with E-state index in [2.05, 4.69) is 27.2 Å². The zero-order valence-electron chi connectivity index (χ0n) is 20.4. The molecule has 1 amide bonds. The molecule has 2 heterocycles. The van der Waals surface area contributed by atoms with Crippen molar-refractivity contribution in [2.24, 2.45) is 0 Å². The summed E-state index contributed by atoms with van der Waals surface area (Å²) in [5.74, 6) is 1.23. The quantitative estimate of drug-likeness (QED) is 0.129. The number of carbonyl (C=O) groups is 1. The van der Waals surface area contributed by atoms with Crippen molar-refractivity contribution in [2.75, 3.05) is 37.2 Å². The highest BCUT2D eigenvalue weighted by Crippen LogP contribution is 2.35. The van der Waals surface area contributed by atoms with Gasteiger partial charge in [-0.2, -0.15) is 0 Å². The molecule has 0 unspecified atom stereocenters. The summed E-state index contributed by atoms with van der Waals surface area (Å²) in [5, 5.41) is 6.72. The fourth-order valence-corrected chi connectivity index (χ4v) is 4.31. The molecule has 37 heavy (non-hydrogen) atoms. The van der Waals surface area contributed by atoms with Gasteiger partial charge in [-0.3, -0.25) is 4.79 Å². The van der Waals surface area contributed by atoms with Gasteiger partial charge in [0.25, 0.3) is 0 Å². The van der Waals surface area contributed by atoms with Gasteiger partial charge in [0.1, 0.15) is 17.4 Å². The number of hydrogen-bond acceptors (Lipinski definition) is 7. The van der Waals surface area contributed by atoms with Crippen LogP contribution in [0.5, 0.6) is 5.75 Å². The summed E-state index contributed by atoms with van der Waals surface area (Å²) < 4.78 is 24.2. The first-order valence-corrected chi connectivity index (χ1v) is 12.3. The summed E-state index contributed by atoms with van der Waals surface area (Å²) in [5.41, 5.74) is 4.28. The second-order valence-electron chi connectivity index (χ2n) is 7.78. The number of methoxy groups -OCH3 is 2. The molecule has 190 valence electrons. The van der Waals surface area contributed by atoms with E-state index in [1.54, 1.807) is 50.7 Å². The van der Waals surface area contributed by atoms with E-state index >= 15 is 0 Å². The van der Waals surface area contributed by atoms with E-state index in [0.717, 1.165) is 27.7 Å². The van der Waals surface area contributed by atoms with Crippen molar-refractivity contribution >= 4 is 34.9 Å². The van der Waals surface area contributed by atoms with Crippen LogP contribution in [0.15, 0.2) is 78.6 Å². The zero-order chi connectivity index (χ0) is 26.2. The number of aromatic amines is 1. The van der Waals surface area contributed by atoms with Crippen LogP contribution >= 0.6 is 11.8 Å². The minimum Gasteiger partial charge on any atom is -0.495 e. The summed E-state index contributed by atoms with van der Waals surface area (Å²) in [6, 6.07) is 15.2. The van der Waals surface area contributed by atoms with Gasteiger partial charge in [-0.05, 0) is 60.7 Å². The lowest BCUT2D eigenvalue weighted by Crippen LogP contribution is -2.07. The number of carbonyl (C=O) groups excluding carboxylic acids is 1. The number of aromatic nitrogens is 3. The second-order valence-corrected chi connectivity index (χ2v) is 8.86. The molecular formula is C27H26FN5O3S. The molecule has 0 aliphatic carbocycles. The van der Waals surface area contributed by atoms with Gasteiger partial charge in [-0.15, -0.1) is 0 Å². The molecule has 0 fully saturated rings. The van der Waals surface area contributed by atoms with Crippen molar-refractivity contribution in [2.45, 2.75) is 5.16 Å². The number of benzene rings is 2. The van der Waals surface area contributed by atoms with Crippen molar-refractivity contribution in [1.29, 1.82) is 0 Å². The SMILES string of the molecule is C=CC(=O)Nc1ccc(OC)c(Nc2cc(-c3nc(SCCOC)[nH]c3-c3ccc(F)cc3)ccn2)c1. The third-order valence-electron chi connectivity index (χ3n) is 5.29. The molecule has 8 nitrogen and oxygen atoms in total. The Balaban J connectivity index is 1.68. The maximum atomic E-state index is 13.6. The van der Waals surface area contributed by atoms with Crippen molar-refractivity contribution in [3.8, 4) is 28.3 Å². The fourth-order valence-electron chi connectivity index (χ4n) is 3.54. The molecule has 0 aliphatic heterocycles. The Morgan fingerprint density at radius 2 is 1.95 bits per heavy atom. The summed E-state index contributed by atoms with van der Waals surface area (Å²) in [6.07, 6.45) is 2.88. The van der Waals surface area contributed by atoms with Crippen molar-refractivity contribution in [3.05, 3.63) is 79.3 Å². The van der Waals surface area contributed by atoms with Crippen molar-refractivity contribution in [1.82, 2.24) is 15.0 Å². The molecule has 0 atom stereocenters. The summed E-state index contributed by atoms with van der Waals surface area (Å²) >= 11 is 1.54. The van der Waals surface area contributed by atoms with Crippen LogP contribution in [0, 0.1) is 5.82 Å². The van der Waals surface area contributed by atoms with Crippen LogP contribution in [0.4, 0.5) is 21.6 Å². The predicted octanol–water partition coefficient (Wildman–Crippen LogP) is 5.89. The number of H-pyrrole nitrogens is 1. The Labute approximate surface area is 218 Å². The Kier molecular flexibility index (Phi) is 8.55. The van der Waals surface area contributed by atoms with E-state index in [4.69, 9.17) is 14.5 Å². The number of rotatable bonds is 11. The molecule has 3 N–H and O–H groups in total. The van der Waals surface area contributed by atoms with Crippen molar-refractivity contribution < 1.29 is 18.7 Å². The number of nitrogens with zero attached hydrogens (tertiary/aromatic N) is 2. The topological polar surface area (TPSA) is 101 Å². The molecule has 2 aromatic heterocycles. The largest absolute Gasteiger partial charge is 0.495 e. The van der Waals surface area contributed by atoms with E-state index in [9.17, 15) is 9.18 Å². The molecule has 2 aromatic carbocycles. The number of ether oxygens (including phenoxy) is 2. The standard InChI is InChI=1S/C27H26FN5O3S/c1-4-24(34)30-20-9-10-22(36-3)21(16-20)31-23-15-18(11-12-29-23)26-25(17-5-7-19(28)8-6-17)32-27(33-26)37-14-13-35-2/h4-12,15-16H,1,13-14H2,2-3H3,(H,29,31)(H,30,34)(H,32,33). The highest BCUT2D eigenvalue weighted by Gasteiger charge is 2.16. The highest BCUT2D eigenvalue weighted by atomic mass is 32.2. The lowest BCUT2D eigenvalue weighted by Gasteiger charge is -2.13. The Hall–Kier alpha value is -4.15. The average molecular weight is 520 g/mol. The molecule has 0 bridgehead atoms. The van der Waals surface area contributed by atoms with Crippen LogP contribution in [0.3, 0.4) is 0 Å². The van der Waals surface area contributed by atoms with E-state index in [1.165, 1.54) is 30.0 Å². The van der Waals surface area contributed by atoms with Crippen LogP contribution in [0.25, 0.3) is 22.5 Å². The van der Waals surface area contributed by atoms with Gasteiger partial charge in [0.15, 0.2) is 5.16 Å². The summed E-state index contributed by atoms with van der Waals surface area (Å²) in [6.45, 7) is 4.07. The Bertz CT molecular complexity index is 1390.